The minimum absolute atomic E-state index is 0.00663. The van der Waals surface area contributed by atoms with Gasteiger partial charge in [-0.15, -0.1) is 0 Å². The van der Waals surface area contributed by atoms with Gasteiger partial charge in [-0.25, -0.2) is 4.39 Å². The highest BCUT2D eigenvalue weighted by Crippen LogP contribution is 2.34. The molecule has 4 heteroatoms. The highest BCUT2D eigenvalue weighted by molar-refractivity contribution is 5.16. The highest BCUT2D eigenvalue weighted by atomic mass is 19.1. The molecule has 1 aliphatic carbocycles. The van der Waals surface area contributed by atoms with Crippen molar-refractivity contribution in [3.8, 4) is 0 Å². The largest absolute Gasteiger partial charge is 0.381 e. The minimum Gasteiger partial charge on any atom is -0.381 e. The Morgan fingerprint density at radius 3 is 2.70 bits per heavy atom. The van der Waals surface area contributed by atoms with E-state index in [-0.39, 0.29) is 11.4 Å². The van der Waals surface area contributed by atoms with Crippen LogP contribution in [0.5, 0.6) is 0 Å². The van der Waals surface area contributed by atoms with E-state index >= 15 is 0 Å². The normalized spacial score (nSPS) is 26.9. The Bertz CT molecular complexity index is 423. The van der Waals surface area contributed by atoms with E-state index in [0.29, 0.717) is 12.6 Å². The molecule has 112 valence electrons. The molecule has 20 heavy (non-hydrogen) atoms. The summed E-state index contributed by atoms with van der Waals surface area (Å²) in [4.78, 5) is 2.31. The summed E-state index contributed by atoms with van der Waals surface area (Å²) in [6, 6.07) is 6.70. The van der Waals surface area contributed by atoms with Crippen LogP contribution >= 0.6 is 0 Å². The molecule has 0 spiro atoms. The van der Waals surface area contributed by atoms with Crippen LogP contribution in [0.25, 0.3) is 0 Å². The van der Waals surface area contributed by atoms with E-state index in [0.717, 1.165) is 37.8 Å². The van der Waals surface area contributed by atoms with Gasteiger partial charge in [-0.2, -0.15) is 0 Å². The van der Waals surface area contributed by atoms with Gasteiger partial charge < -0.3 is 10.5 Å². The topological polar surface area (TPSA) is 38.5 Å². The second kappa shape index (κ2) is 6.66. The fourth-order valence-corrected chi connectivity index (χ4v) is 3.21. The van der Waals surface area contributed by atoms with E-state index in [1.54, 1.807) is 7.11 Å². The van der Waals surface area contributed by atoms with Crippen molar-refractivity contribution in [1.82, 2.24) is 4.90 Å². The van der Waals surface area contributed by atoms with Crippen molar-refractivity contribution >= 4 is 0 Å². The highest BCUT2D eigenvalue weighted by Gasteiger charge is 2.38. The number of methoxy groups -OCH3 is 1. The number of hydrogen-bond acceptors (Lipinski definition) is 3. The van der Waals surface area contributed by atoms with Crippen LogP contribution in [0.15, 0.2) is 24.3 Å². The average Bonchev–Trinajstić information content (AvgIpc) is 2.49. The van der Waals surface area contributed by atoms with Gasteiger partial charge in [0.15, 0.2) is 0 Å². The van der Waals surface area contributed by atoms with E-state index in [2.05, 4.69) is 11.9 Å². The number of benzene rings is 1. The smallest absolute Gasteiger partial charge is 0.123 e. The third-order valence-electron chi connectivity index (χ3n) is 4.63. The molecule has 0 aromatic heterocycles. The summed E-state index contributed by atoms with van der Waals surface area (Å²) in [6.07, 6.45) is 4.62. The molecular weight excluding hydrogens is 255 g/mol. The third kappa shape index (κ3) is 3.37. The molecular formula is C16H25FN2O. The van der Waals surface area contributed by atoms with E-state index < -0.39 is 0 Å². The second-order valence-corrected chi connectivity index (χ2v) is 5.87. The maximum absolute atomic E-state index is 13.0. The molecule has 0 aliphatic heterocycles. The van der Waals surface area contributed by atoms with Crippen LogP contribution in [0.3, 0.4) is 0 Å². The lowest BCUT2D eigenvalue weighted by Gasteiger charge is -2.46. The first kappa shape index (κ1) is 15.4. The van der Waals surface area contributed by atoms with Crippen molar-refractivity contribution in [2.45, 2.75) is 43.9 Å². The van der Waals surface area contributed by atoms with Gasteiger partial charge in [0.25, 0.3) is 0 Å². The fourth-order valence-electron chi connectivity index (χ4n) is 3.21. The number of nitrogens with two attached hydrogens (primary N) is 1. The summed E-state index contributed by atoms with van der Waals surface area (Å²) >= 11 is 0. The Hall–Kier alpha value is -0.970. The number of hydrogen-bond donors (Lipinski definition) is 1. The zero-order valence-corrected chi connectivity index (χ0v) is 12.4. The van der Waals surface area contributed by atoms with Gasteiger partial charge in [-0.3, -0.25) is 4.90 Å². The molecule has 0 bridgehead atoms. The van der Waals surface area contributed by atoms with Gasteiger partial charge in [0.05, 0.1) is 6.10 Å². The summed E-state index contributed by atoms with van der Waals surface area (Å²) in [5.74, 6) is -0.193. The van der Waals surface area contributed by atoms with Crippen LogP contribution < -0.4 is 5.73 Å². The Morgan fingerprint density at radius 1 is 1.40 bits per heavy atom. The molecule has 0 amide bonds. The van der Waals surface area contributed by atoms with Crippen molar-refractivity contribution in [1.29, 1.82) is 0 Å². The lowest BCUT2D eigenvalue weighted by Crippen LogP contribution is -2.55. The van der Waals surface area contributed by atoms with Crippen molar-refractivity contribution in [2.24, 2.45) is 5.73 Å². The van der Waals surface area contributed by atoms with Gasteiger partial charge in [-0.05, 0) is 50.4 Å². The van der Waals surface area contributed by atoms with E-state index in [1.165, 1.54) is 12.1 Å². The summed E-state index contributed by atoms with van der Waals surface area (Å²) in [5, 5.41) is 0. The SMILES string of the molecule is COC1CCCC(CN)(N(C)Cc2ccc(F)cc2)C1. The number of halogens is 1. The van der Waals surface area contributed by atoms with Crippen LogP contribution in [-0.2, 0) is 11.3 Å². The average molecular weight is 280 g/mol. The Kier molecular flexibility index (Phi) is 5.13. The molecule has 0 radical (unpaired) electrons. The summed E-state index contributed by atoms with van der Waals surface area (Å²) in [5.41, 5.74) is 7.18. The zero-order chi connectivity index (χ0) is 14.6. The van der Waals surface area contributed by atoms with E-state index in [1.807, 2.05) is 12.1 Å². The molecule has 1 aliphatic rings. The van der Waals surface area contributed by atoms with Gasteiger partial charge in [0, 0.05) is 25.7 Å². The van der Waals surface area contributed by atoms with Crippen molar-refractivity contribution in [3.05, 3.63) is 35.6 Å². The maximum atomic E-state index is 13.0. The van der Waals surface area contributed by atoms with E-state index in [9.17, 15) is 4.39 Å². The van der Waals surface area contributed by atoms with Gasteiger partial charge in [0.2, 0.25) is 0 Å². The number of likely N-dealkylation sites (N-methyl/N-ethyl adjacent to an activating group) is 1. The molecule has 0 heterocycles. The second-order valence-electron chi connectivity index (χ2n) is 5.87. The number of ether oxygens (including phenoxy) is 1. The monoisotopic (exact) mass is 280 g/mol. The molecule has 2 rings (SSSR count). The lowest BCUT2D eigenvalue weighted by molar-refractivity contribution is -0.0149. The minimum atomic E-state index is -0.193. The predicted molar refractivity (Wildman–Crippen MR) is 78.9 cm³/mol. The summed E-state index contributed by atoms with van der Waals surface area (Å²) in [6.45, 7) is 1.42. The molecule has 2 N–H and O–H groups in total. The van der Waals surface area contributed by atoms with Gasteiger partial charge in [0.1, 0.15) is 5.82 Å². The molecule has 1 aromatic carbocycles. The molecule has 1 saturated carbocycles. The lowest BCUT2D eigenvalue weighted by atomic mass is 9.78. The standard InChI is InChI=1S/C16H25FN2O/c1-19(11-13-5-7-14(17)8-6-13)16(12-18)9-3-4-15(10-16)20-2/h5-8,15H,3-4,9-12,18H2,1-2H3. The Balaban J connectivity index is 2.08. The molecule has 0 saturated heterocycles. The number of nitrogens with zero attached hydrogens (tertiary/aromatic N) is 1. The van der Waals surface area contributed by atoms with Gasteiger partial charge in [-0.1, -0.05) is 12.1 Å². The van der Waals surface area contributed by atoms with Crippen molar-refractivity contribution in [3.63, 3.8) is 0 Å². The van der Waals surface area contributed by atoms with E-state index in [4.69, 9.17) is 10.5 Å². The van der Waals surface area contributed by atoms with Crippen LogP contribution in [0.4, 0.5) is 4.39 Å². The first-order valence-electron chi connectivity index (χ1n) is 7.28. The van der Waals surface area contributed by atoms with Gasteiger partial charge >= 0.3 is 0 Å². The fraction of sp³-hybridized carbons (Fsp3) is 0.625. The van der Waals surface area contributed by atoms with Crippen LogP contribution in [0.1, 0.15) is 31.2 Å². The molecule has 3 nitrogen and oxygen atoms in total. The third-order valence-corrected chi connectivity index (χ3v) is 4.63. The predicted octanol–water partition coefficient (Wildman–Crippen LogP) is 2.54. The molecule has 2 unspecified atom stereocenters. The van der Waals surface area contributed by atoms with Crippen LogP contribution in [-0.4, -0.2) is 37.2 Å². The number of rotatable bonds is 5. The van der Waals surface area contributed by atoms with Crippen LogP contribution in [0, 0.1) is 5.82 Å². The van der Waals surface area contributed by atoms with Crippen molar-refractivity contribution in [2.75, 3.05) is 20.7 Å². The zero-order valence-electron chi connectivity index (χ0n) is 12.4. The van der Waals surface area contributed by atoms with Crippen molar-refractivity contribution < 1.29 is 9.13 Å². The summed E-state index contributed by atoms with van der Waals surface area (Å²) in [7, 11) is 3.88. The first-order valence-corrected chi connectivity index (χ1v) is 7.28. The molecule has 1 fully saturated rings. The molecule has 1 aromatic rings. The first-order chi connectivity index (χ1) is 9.59. The molecule has 2 atom stereocenters. The quantitative estimate of drug-likeness (QED) is 0.901. The van der Waals surface area contributed by atoms with Crippen LogP contribution in [0.2, 0.25) is 0 Å². The Labute approximate surface area is 120 Å². The Morgan fingerprint density at radius 2 is 2.10 bits per heavy atom. The summed E-state index contributed by atoms with van der Waals surface area (Å²) < 4.78 is 18.5. The maximum Gasteiger partial charge on any atom is 0.123 e.